The number of carbonyl (C=O) groups is 1. The second-order valence-corrected chi connectivity index (χ2v) is 4.06. The van der Waals surface area contributed by atoms with Crippen molar-refractivity contribution in [2.75, 3.05) is 5.73 Å². The summed E-state index contributed by atoms with van der Waals surface area (Å²) in [6.07, 6.45) is 3.36. The van der Waals surface area contributed by atoms with E-state index in [9.17, 15) is 4.79 Å². The first-order valence-electron chi connectivity index (χ1n) is 3.99. The number of aromatic nitrogens is 1. The van der Waals surface area contributed by atoms with E-state index in [2.05, 4.69) is 4.98 Å². The number of carbonyl (C=O) groups excluding carboxylic acids is 1. The van der Waals surface area contributed by atoms with Crippen LogP contribution in [0.25, 0.3) is 15.8 Å². The van der Waals surface area contributed by atoms with Crippen molar-refractivity contribution in [3.63, 3.8) is 0 Å². The molecule has 3 N–H and O–H groups in total. The fourth-order valence-corrected chi connectivity index (χ4v) is 2.42. The molecular formula is C9H8N3ORbS. The first-order valence-corrected chi connectivity index (χ1v) is 4.81. The van der Waals surface area contributed by atoms with E-state index >= 15 is 0 Å². The van der Waals surface area contributed by atoms with E-state index < -0.39 is 5.91 Å². The molecule has 2 rings (SSSR count). The van der Waals surface area contributed by atoms with Gasteiger partial charge in [-0.1, -0.05) is 0 Å². The van der Waals surface area contributed by atoms with Gasteiger partial charge in [0.2, 0.25) is 0 Å². The number of rotatable bonds is 1. The van der Waals surface area contributed by atoms with Crippen LogP contribution in [0.3, 0.4) is 0 Å². The Morgan fingerprint density at radius 1 is 1.53 bits per heavy atom. The van der Waals surface area contributed by atoms with E-state index in [0.717, 1.165) is 15.6 Å². The average molecular weight is 292 g/mol. The smallest absolute Gasteiger partial charge is 0.663 e. The number of hydrogen-bond donors (Lipinski definition) is 1. The zero-order valence-corrected chi connectivity index (χ0v) is 14.2. The van der Waals surface area contributed by atoms with Gasteiger partial charge >= 0.3 is 58.2 Å². The third-order valence-corrected chi connectivity index (χ3v) is 3.17. The molecule has 0 saturated carbocycles. The van der Waals surface area contributed by atoms with Gasteiger partial charge in [-0.3, -0.25) is 4.98 Å². The van der Waals surface area contributed by atoms with Crippen LogP contribution in [0.5, 0.6) is 0 Å². The second-order valence-electron chi connectivity index (χ2n) is 3.00. The molecule has 72 valence electrons. The van der Waals surface area contributed by atoms with Crippen molar-refractivity contribution in [3.05, 3.63) is 28.6 Å². The Kier molecular flexibility index (Phi) is 4.43. The van der Waals surface area contributed by atoms with E-state index in [1.54, 1.807) is 12.4 Å². The van der Waals surface area contributed by atoms with Crippen molar-refractivity contribution < 1.29 is 63.0 Å². The number of nitrogens with zero attached hydrogens (tertiary/aromatic N) is 1. The average Bonchev–Trinajstić information content (AvgIpc) is 2.45. The number of nitrogen functional groups attached to an aromatic ring is 1. The van der Waals surface area contributed by atoms with Crippen LogP contribution in [-0.4, -0.2) is 10.9 Å². The molecule has 4 nitrogen and oxygen atoms in total. The maximum absolute atomic E-state index is 10.9. The van der Waals surface area contributed by atoms with Gasteiger partial charge in [-0.25, -0.2) is 0 Å². The van der Waals surface area contributed by atoms with E-state index in [0.29, 0.717) is 10.6 Å². The molecule has 0 atom stereocenters. The van der Waals surface area contributed by atoms with Gasteiger partial charge in [0, 0.05) is 17.8 Å². The normalized spacial score (nSPS) is 9.93. The summed E-state index contributed by atoms with van der Waals surface area (Å²) in [5, 5.41) is 0.848. The van der Waals surface area contributed by atoms with Crippen LogP contribution >= 0.6 is 11.3 Å². The summed E-state index contributed by atoms with van der Waals surface area (Å²) < 4.78 is 0.859. The van der Waals surface area contributed by atoms with E-state index in [4.69, 9.17) is 11.5 Å². The van der Waals surface area contributed by atoms with Crippen LogP contribution in [0.2, 0.25) is 0 Å². The number of fused-ring (bicyclic) bond motifs is 1. The Balaban J connectivity index is 0.00000112. The monoisotopic (exact) mass is 291 g/mol. The molecule has 0 unspecified atom stereocenters. The third kappa shape index (κ3) is 2.31. The molecular weight excluding hydrogens is 284 g/mol. The van der Waals surface area contributed by atoms with Crippen molar-refractivity contribution in [1.29, 1.82) is 0 Å². The Bertz CT molecular complexity index is 523. The first-order chi connectivity index (χ1) is 6.61. The molecule has 0 spiro atoms. The number of pyridine rings is 1. The van der Waals surface area contributed by atoms with Gasteiger partial charge in [-0.05, 0) is 12.5 Å². The molecule has 0 saturated heterocycles. The van der Waals surface area contributed by atoms with E-state index in [1.165, 1.54) is 11.3 Å². The van der Waals surface area contributed by atoms with E-state index in [-0.39, 0.29) is 58.2 Å². The predicted molar refractivity (Wildman–Crippen MR) is 57.4 cm³/mol. The number of aryl methyl sites for hydroxylation is 1. The van der Waals surface area contributed by atoms with Gasteiger partial charge in [0.25, 0.3) is 0 Å². The molecule has 0 aliphatic rings. The molecule has 0 radical (unpaired) electrons. The standard InChI is InChI=1S/C9H9N3OS.Rb/c1-4-2-12-3-5-6(4)7(10)8(14-5)9(11)13;/h2-3H,1H3,(H4,10,11,13);/q;+1/p-1. The van der Waals surface area contributed by atoms with Crippen molar-refractivity contribution >= 4 is 33.0 Å². The molecule has 0 aliphatic heterocycles. The molecule has 2 heterocycles. The maximum atomic E-state index is 10.9. The molecule has 15 heavy (non-hydrogen) atoms. The van der Waals surface area contributed by atoms with Crippen molar-refractivity contribution in [3.8, 4) is 0 Å². The summed E-state index contributed by atoms with van der Waals surface area (Å²) >= 11 is 1.22. The first kappa shape index (κ1) is 13.3. The molecule has 0 bridgehead atoms. The van der Waals surface area contributed by atoms with Crippen LogP contribution in [-0.2, 0) is 0 Å². The second kappa shape index (κ2) is 5.01. The minimum absolute atomic E-state index is 0. The van der Waals surface area contributed by atoms with Gasteiger partial charge in [0.15, 0.2) is 0 Å². The number of anilines is 1. The van der Waals surface area contributed by atoms with Crippen LogP contribution in [0, 0.1) is 6.92 Å². The SMILES string of the molecule is Cc1cncc2sc(C([NH-])=O)c(N)c12.[Rb+]. The van der Waals surface area contributed by atoms with Crippen LogP contribution < -0.4 is 63.9 Å². The summed E-state index contributed by atoms with van der Waals surface area (Å²) in [4.78, 5) is 15.2. The zero-order chi connectivity index (χ0) is 10.3. The maximum Gasteiger partial charge on any atom is 1.00 e. The van der Waals surface area contributed by atoms with Crippen LogP contribution in [0.15, 0.2) is 12.4 Å². The Hall–Kier alpha value is 0.185. The van der Waals surface area contributed by atoms with Crippen LogP contribution in [0.4, 0.5) is 5.69 Å². The molecule has 2 aromatic rings. The van der Waals surface area contributed by atoms with Gasteiger partial charge in [0.1, 0.15) is 0 Å². The largest absolute Gasteiger partial charge is 1.00 e. The van der Waals surface area contributed by atoms with Crippen LogP contribution in [0.1, 0.15) is 15.2 Å². The van der Waals surface area contributed by atoms with Gasteiger partial charge in [-0.15, -0.1) is 11.3 Å². The molecule has 0 aromatic carbocycles. The third-order valence-electron chi connectivity index (χ3n) is 2.03. The molecule has 0 aliphatic carbocycles. The number of thiophene rings is 1. The summed E-state index contributed by atoms with van der Waals surface area (Å²) in [5.74, 6) is -0.733. The van der Waals surface area contributed by atoms with Crippen molar-refractivity contribution in [2.45, 2.75) is 6.92 Å². The Morgan fingerprint density at radius 3 is 2.73 bits per heavy atom. The van der Waals surface area contributed by atoms with Gasteiger partial charge in [-0.2, -0.15) is 0 Å². The van der Waals surface area contributed by atoms with Crippen molar-refractivity contribution in [1.82, 2.24) is 4.98 Å². The predicted octanol–water partition coefficient (Wildman–Crippen LogP) is -0.617. The van der Waals surface area contributed by atoms with Gasteiger partial charge < -0.3 is 16.3 Å². The Labute approximate surface area is 140 Å². The van der Waals surface area contributed by atoms with Gasteiger partial charge in [0.05, 0.1) is 21.2 Å². The summed E-state index contributed by atoms with van der Waals surface area (Å²) in [6, 6.07) is 0. The quantitative estimate of drug-likeness (QED) is 0.761. The minimum atomic E-state index is -0.733. The molecule has 6 heteroatoms. The Morgan fingerprint density at radius 2 is 2.20 bits per heavy atom. The number of amides is 1. The van der Waals surface area contributed by atoms with Crippen molar-refractivity contribution in [2.24, 2.45) is 0 Å². The molecule has 1 amide bonds. The number of nitrogens with one attached hydrogen (secondary N) is 1. The fraction of sp³-hybridized carbons (Fsp3) is 0.111. The topological polar surface area (TPSA) is 79.8 Å². The number of hydrogen-bond acceptors (Lipinski definition) is 4. The summed E-state index contributed by atoms with van der Waals surface area (Å²) in [5.41, 5.74) is 14.2. The fourth-order valence-electron chi connectivity index (χ4n) is 1.41. The molecule has 2 aromatic heterocycles. The van der Waals surface area contributed by atoms with E-state index in [1.807, 2.05) is 6.92 Å². The summed E-state index contributed by atoms with van der Waals surface area (Å²) in [7, 11) is 0. The zero-order valence-electron chi connectivity index (χ0n) is 8.50. The summed E-state index contributed by atoms with van der Waals surface area (Å²) in [6.45, 7) is 1.89. The minimum Gasteiger partial charge on any atom is -0.663 e. The molecule has 0 fully saturated rings. The number of nitrogens with two attached hydrogens (primary N) is 1.